The molecule has 96 valence electrons. The van der Waals surface area contributed by atoms with Crippen molar-refractivity contribution in [2.75, 3.05) is 32.9 Å². The molecule has 0 aromatic carbocycles. The molecule has 0 unspecified atom stereocenters. The van der Waals surface area contributed by atoms with Crippen LogP contribution in [0.3, 0.4) is 0 Å². The van der Waals surface area contributed by atoms with Crippen molar-refractivity contribution in [1.29, 1.82) is 0 Å². The van der Waals surface area contributed by atoms with Crippen molar-refractivity contribution in [2.24, 2.45) is 11.3 Å². The molecule has 3 nitrogen and oxygen atoms in total. The van der Waals surface area contributed by atoms with Crippen LogP contribution in [0.1, 0.15) is 39.5 Å². The van der Waals surface area contributed by atoms with E-state index >= 15 is 0 Å². The predicted octanol–water partition coefficient (Wildman–Crippen LogP) is 1.80. The molecule has 0 atom stereocenters. The van der Waals surface area contributed by atoms with Gasteiger partial charge in [-0.2, -0.15) is 0 Å². The summed E-state index contributed by atoms with van der Waals surface area (Å²) in [5.41, 5.74) is 0.0660. The number of nitrogens with one attached hydrogen (secondary N) is 1. The van der Waals surface area contributed by atoms with E-state index in [0.717, 1.165) is 45.1 Å². The Labute approximate surface area is 99.6 Å². The molecule has 1 fully saturated rings. The second kappa shape index (κ2) is 7.25. The van der Waals surface area contributed by atoms with Gasteiger partial charge in [-0.05, 0) is 31.6 Å². The third-order valence-electron chi connectivity index (χ3n) is 3.81. The topological polar surface area (TPSA) is 41.5 Å². The smallest absolute Gasteiger partial charge is 0.0591 e. The highest BCUT2D eigenvalue weighted by Crippen LogP contribution is 2.28. The minimum absolute atomic E-state index is 0.0660. The van der Waals surface area contributed by atoms with Gasteiger partial charge in [0.15, 0.2) is 0 Å². The van der Waals surface area contributed by atoms with Gasteiger partial charge in [0.25, 0.3) is 0 Å². The Bertz CT molecular complexity index is 169. The van der Waals surface area contributed by atoms with E-state index in [1.54, 1.807) is 0 Å². The Kier molecular flexibility index (Phi) is 6.32. The zero-order valence-electron chi connectivity index (χ0n) is 10.8. The maximum absolute atomic E-state index is 9.39. The van der Waals surface area contributed by atoms with Gasteiger partial charge in [0, 0.05) is 31.7 Å². The molecule has 0 amide bonds. The minimum atomic E-state index is 0.0660. The van der Waals surface area contributed by atoms with E-state index < -0.39 is 0 Å². The number of aliphatic hydroxyl groups excluding tert-OH is 1. The highest BCUT2D eigenvalue weighted by Gasteiger charge is 2.24. The summed E-state index contributed by atoms with van der Waals surface area (Å²) in [4.78, 5) is 0. The summed E-state index contributed by atoms with van der Waals surface area (Å²) in [6.07, 6.45) is 4.76. The van der Waals surface area contributed by atoms with Gasteiger partial charge in [-0.15, -0.1) is 0 Å². The first-order valence-electron chi connectivity index (χ1n) is 6.65. The molecular formula is C13H27NO2. The summed E-state index contributed by atoms with van der Waals surface area (Å²) in [7, 11) is 0. The fraction of sp³-hybridized carbons (Fsp3) is 1.00. The lowest BCUT2D eigenvalue weighted by atomic mass is 9.83. The van der Waals surface area contributed by atoms with Gasteiger partial charge >= 0.3 is 0 Å². The largest absolute Gasteiger partial charge is 0.396 e. The van der Waals surface area contributed by atoms with Crippen molar-refractivity contribution in [3.8, 4) is 0 Å². The zero-order valence-corrected chi connectivity index (χ0v) is 10.8. The van der Waals surface area contributed by atoms with Crippen molar-refractivity contribution in [1.82, 2.24) is 5.32 Å². The highest BCUT2D eigenvalue weighted by atomic mass is 16.5. The summed E-state index contributed by atoms with van der Waals surface area (Å²) in [6, 6.07) is 0. The molecule has 0 aliphatic heterocycles. The molecule has 0 aromatic heterocycles. The fourth-order valence-electron chi connectivity index (χ4n) is 1.81. The number of aliphatic hydroxyl groups is 1. The lowest BCUT2D eigenvalue weighted by molar-refractivity contribution is 0.0996. The van der Waals surface area contributed by atoms with Crippen LogP contribution in [0, 0.1) is 11.3 Å². The molecule has 0 heterocycles. The van der Waals surface area contributed by atoms with Crippen molar-refractivity contribution in [3.05, 3.63) is 0 Å². The van der Waals surface area contributed by atoms with Crippen LogP contribution in [0.15, 0.2) is 0 Å². The third kappa shape index (κ3) is 4.81. The molecule has 0 spiro atoms. The van der Waals surface area contributed by atoms with E-state index in [1.165, 1.54) is 12.8 Å². The first kappa shape index (κ1) is 13.9. The lowest BCUT2D eigenvalue weighted by Crippen LogP contribution is -2.37. The van der Waals surface area contributed by atoms with Crippen molar-refractivity contribution in [2.45, 2.75) is 39.5 Å². The first-order valence-corrected chi connectivity index (χ1v) is 6.65. The maximum atomic E-state index is 9.39. The Morgan fingerprint density at radius 2 is 2.00 bits per heavy atom. The Morgan fingerprint density at radius 1 is 1.31 bits per heavy atom. The average Bonchev–Trinajstić information content (AvgIpc) is 3.13. The zero-order chi connectivity index (χ0) is 11.9. The van der Waals surface area contributed by atoms with Crippen molar-refractivity contribution < 1.29 is 9.84 Å². The van der Waals surface area contributed by atoms with Crippen LogP contribution >= 0.6 is 0 Å². The maximum Gasteiger partial charge on any atom is 0.0591 e. The molecule has 1 rings (SSSR count). The SMILES string of the molecule is CCC(CC)(CO)CNCCOCC1CC1. The molecule has 3 heteroatoms. The fourth-order valence-corrected chi connectivity index (χ4v) is 1.81. The highest BCUT2D eigenvalue weighted by molar-refractivity contribution is 4.78. The first-order chi connectivity index (χ1) is 7.76. The van der Waals surface area contributed by atoms with E-state index in [2.05, 4.69) is 19.2 Å². The summed E-state index contributed by atoms with van der Waals surface area (Å²) in [5.74, 6) is 0.850. The molecule has 0 bridgehead atoms. The normalized spacial score (nSPS) is 16.7. The molecule has 16 heavy (non-hydrogen) atoms. The summed E-state index contributed by atoms with van der Waals surface area (Å²) >= 11 is 0. The average molecular weight is 229 g/mol. The number of hydrogen-bond donors (Lipinski definition) is 2. The van der Waals surface area contributed by atoms with E-state index in [1.807, 2.05) is 0 Å². The Hall–Kier alpha value is -0.120. The molecular weight excluding hydrogens is 202 g/mol. The summed E-state index contributed by atoms with van der Waals surface area (Å²) in [5, 5.41) is 12.8. The number of ether oxygens (including phenoxy) is 1. The van der Waals surface area contributed by atoms with Crippen LogP contribution in [-0.2, 0) is 4.74 Å². The van der Waals surface area contributed by atoms with Crippen LogP contribution in [-0.4, -0.2) is 38.0 Å². The molecule has 0 radical (unpaired) electrons. The Morgan fingerprint density at radius 3 is 2.50 bits per heavy atom. The monoisotopic (exact) mass is 229 g/mol. The standard InChI is InChI=1S/C13H27NO2/c1-3-13(4-2,11-15)10-14-7-8-16-9-12-5-6-12/h12,14-15H,3-11H2,1-2H3. The summed E-state index contributed by atoms with van der Waals surface area (Å²) in [6.45, 7) is 8.09. The molecule has 1 saturated carbocycles. The van der Waals surface area contributed by atoms with Crippen LogP contribution in [0.2, 0.25) is 0 Å². The van der Waals surface area contributed by atoms with E-state index in [-0.39, 0.29) is 12.0 Å². The lowest BCUT2D eigenvalue weighted by Gasteiger charge is -2.29. The van der Waals surface area contributed by atoms with Gasteiger partial charge in [0.2, 0.25) is 0 Å². The Balaban J connectivity index is 1.98. The van der Waals surface area contributed by atoms with Gasteiger partial charge in [0.1, 0.15) is 0 Å². The van der Waals surface area contributed by atoms with E-state index in [9.17, 15) is 5.11 Å². The van der Waals surface area contributed by atoms with Crippen LogP contribution in [0.5, 0.6) is 0 Å². The van der Waals surface area contributed by atoms with E-state index in [4.69, 9.17) is 4.74 Å². The van der Waals surface area contributed by atoms with Crippen LogP contribution in [0.4, 0.5) is 0 Å². The molecule has 2 N–H and O–H groups in total. The van der Waals surface area contributed by atoms with Gasteiger partial charge < -0.3 is 15.2 Å². The second-order valence-electron chi connectivity index (χ2n) is 5.06. The van der Waals surface area contributed by atoms with Crippen LogP contribution in [0.25, 0.3) is 0 Å². The van der Waals surface area contributed by atoms with Crippen molar-refractivity contribution in [3.63, 3.8) is 0 Å². The quantitative estimate of drug-likeness (QED) is 0.561. The molecule has 0 saturated heterocycles. The number of hydrogen-bond acceptors (Lipinski definition) is 3. The van der Waals surface area contributed by atoms with Crippen molar-refractivity contribution >= 4 is 0 Å². The molecule has 1 aliphatic rings. The second-order valence-corrected chi connectivity index (χ2v) is 5.06. The number of rotatable bonds is 10. The third-order valence-corrected chi connectivity index (χ3v) is 3.81. The van der Waals surface area contributed by atoms with E-state index in [0.29, 0.717) is 0 Å². The molecule has 1 aliphatic carbocycles. The van der Waals surface area contributed by atoms with Gasteiger partial charge in [-0.25, -0.2) is 0 Å². The minimum Gasteiger partial charge on any atom is -0.396 e. The predicted molar refractivity (Wildman–Crippen MR) is 66.5 cm³/mol. The summed E-state index contributed by atoms with van der Waals surface area (Å²) < 4.78 is 5.55. The van der Waals surface area contributed by atoms with Gasteiger partial charge in [-0.1, -0.05) is 13.8 Å². The molecule has 0 aromatic rings. The van der Waals surface area contributed by atoms with Crippen LogP contribution < -0.4 is 5.32 Å². The van der Waals surface area contributed by atoms with Gasteiger partial charge in [0.05, 0.1) is 6.61 Å². The van der Waals surface area contributed by atoms with Gasteiger partial charge in [-0.3, -0.25) is 0 Å².